The summed E-state index contributed by atoms with van der Waals surface area (Å²) in [6.07, 6.45) is 1.78. The Morgan fingerprint density at radius 3 is 2.91 bits per heavy atom. The Morgan fingerprint density at radius 2 is 2.23 bits per heavy atom. The normalized spacial score (nSPS) is 11.5. The van der Waals surface area contributed by atoms with Crippen molar-refractivity contribution < 1.29 is 9.26 Å². The van der Waals surface area contributed by atoms with Crippen molar-refractivity contribution >= 4 is 11.6 Å². The molecule has 0 aliphatic rings. The van der Waals surface area contributed by atoms with E-state index in [-0.39, 0.29) is 0 Å². The number of ether oxygens (including phenoxy) is 1. The van der Waals surface area contributed by atoms with Gasteiger partial charge in [0.15, 0.2) is 5.96 Å². The van der Waals surface area contributed by atoms with Crippen molar-refractivity contribution in [2.24, 2.45) is 10.7 Å². The SMILES string of the molecule is COc1cccc(NC(N)=NCCCc2c(C)noc2C)c1. The zero-order valence-corrected chi connectivity index (χ0v) is 13.2. The van der Waals surface area contributed by atoms with Crippen LogP contribution in [0.4, 0.5) is 5.69 Å². The van der Waals surface area contributed by atoms with Crippen molar-refractivity contribution in [3.8, 4) is 5.75 Å². The maximum Gasteiger partial charge on any atom is 0.193 e. The van der Waals surface area contributed by atoms with Crippen LogP contribution >= 0.6 is 0 Å². The molecule has 6 nitrogen and oxygen atoms in total. The number of nitrogens with one attached hydrogen (secondary N) is 1. The number of nitrogens with zero attached hydrogens (tertiary/aromatic N) is 2. The molecule has 1 aromatic carbocycles. The summed E-state index contributed by atoms with van der Waals surface area (Å²) < 4.78 is 10.3. The topological polar surface area (TPSA) is 85.7 Å². The molecule has 0 radical (unpaired) electrons. The third kappa shape index (κ3) is 4.25. The first-order valence-corrected chi connectivity index (χ1v) is 7.23. The molecule has 0 atom stereocenters. The number of aryl methyl sites for hydroxylation is 2. The molecule has 3 N–H and O–H groups in total. The minimum Gasteiger partial charge on any atom is -0.497 e. The van der Waals surface area contributed by atoms with Crippen molar-refractivity contribution in [3.05, 3.63) is 41.3 Å². The molecular formula is C16H22N4O2. The van der Waals surface area contributed by atoms with Crippen molar-refractivity contribution in [1.29, 1.82) is 0 Å². The van der Waals surface area contributed by atoms with Crippen LogP contribution in [0.15, 0.2) is 33.8 Å². The molecule has 0 amide bonds. The van der Waals surface area contributed by atoms with Gasteiger partial charge in [-0.2, -0.15) is 0 Å². The van der Waals surface area contributed by atoms with Crippen LogP contribution in [0.25, 0.3) is 0 Å². The molecule has 22 heavy (non-hydrogen) atoms. The maximum absolute atomic E-state index is 5.88. The Balaban J connectivity index is 1.82. The summed E-state index contributed by atoms with van der Waals surface area (Å²) in [6.45, 7) is 4.53. The molecule has 1 heterocycles. The lowest BCUT2D eigenvalue weighted by Gasteiger charge is -2.07. The van der Waals surface area contributed by atoms with Crippen LogP contribution in [-0.4, -0.2) is 24.8 Å². The summed E-state index contributed by atoms with van der Waals surface area (Å²) in [5.74, 6) is 2.05. The molecule has 0 saturated carbocycles. The molecule has 2 aromatic rings. The first kappa shape index (κ1) is 15.9. The quantitative estimate of drug-likeness (QED) is 0.487. The van der Waals surface area contributed by atoms with Gasteiger partial charge in [-0.25, -0.2) is 0 Å². The number of benzene rings is 1. The van der Waals surface area contributed by atoms with E-state index >= 15 is 0 Å². The Labute approximate surface area is 130 Å². The smallest absolute Gasteiger partial charge is 0.193 e. The highest BCUT2D eigenvalue weighted by atomic mass is 16.5. The van der Waals surface area contributed by atoms with Gasteiger partial charge in [-0.15, -0.1) is 0 Å². The summed E-state index contributed by atoms with van der Waals surface area (Å²) in [6, 6.07) is 7.55. The van der Waals surface area contributed by atoms with Crippen LogP contribution in [0, 0.1) is 13.8 Å². The number of hydrogen-bond acceptors (Lipinski definition) is 4. The number of aliphatic imine (C=N–C) groups is 1. The number of aromatic nitrogens is 1. The van der Waals surface area contributed by atoms with E-state index in [2.05, 4.69) is 15.5 Å². The maximum atomic E-state index is 5.88. The average molecular weight is 302 g/mol. The van der Waals surface area contributed by atoms with Gasteiger partial charge in [0.25, 0.3) is 0 Å². The second-order valence-corrected chi connectivity index (χ2v) is 5.03. The zero-order chi connectivity index (χ0) is 15.9. The van der Waals surface area contributed by atoms with E-state index in [1.54, 1.807) is 7.11 Å². The van der Waals surface area contributed by atoms with Gasteiger partial charge in [-0.1, -0.05) is 11.2 Å². The Morgan fingerprint density at radius 1 is 1.41 bits per heavy atom. The van der Waals surface area contributed by atoms with E-state index in [4.69, 9.17) is 15.0 Å². The second-order valence-electron chi connectivity index (χ2n) is 5.03. The minimum absolute atomic E-state index is 0.395. The highest BCUT2D eigenvalue weighted by Gasteiger charge is 2.07. The molecule has 0 saturated heterocycles. The lowest BCUT2D eigenvalue weighted by molar-refractivity contribution is 0.392. The van der Waals surface area contributed by atoms with Crippen molar-refractivity contribution in [1.82, 2.24) is 5.16 Å². The molecule has 2 rings (SSSR count). The number of rotatable bonds is 6. The van der Waals surface area contributed by atoms with Crippen LogP contribution in [0.5, 0.6) is 5.75 Å². The predicted octanol–water partition coefficient (Wildman–Crippen LogP) is 2.66. The van der Waals surface area contributed by atoms with Gasteiger partial charge in [-0.05, 0) is 38.8 Å². The van der Waals surface area contributed by atoms with Gasteiger partial charge < -0.3 is 20.3 Å². The van der Waals surface area contributed by atoms with Crippen LogP contribution in [0.2, 0.25) is 0 Å². The average Bonchev–Trinajstić information content (AvgIpc) is 2.83. The molecule has 0 spiro atoms. The first-order chi connectivity index (χ1) is 10.6. The van der Waals surface area contributed by atoms with E-state index in [9.17, 15) is 0 Å². The zero-order valence-electron chi connectivity index (χ0n) is 13.2. The number of hydrogen-bond donors (Lipinski definition) is 2. The molecule has 118 valence electrons. The van der Waals surface area contributed by atoms with Crippen LogP contribution < -0.4 is 15.8 Å². The van der Waals surface area contributed by atoms with E-state index < -0.39 is 0 Å². The second kappa shape index (κ2) is 7.49. The molecular weight excluding hydrogens is 280 g/mol. The Bertz CT molecular complexity index is 630. The largest absolute Gasteiger partial charge is 0.497 e. The molecule has 1 aromatic heterocycles. The fourth-order valence-electron chi connectivity index (χ4n) is 2.20. The van der Waals surface area contributed by atoms with Gasteiger partial charge in [0.2, 0.25) is 0 Å². The third-order valence-electron chi connectivity index (χ3n) is 3.39. The number of methoxy groups -OCH3 is 1. The van der Waals surface area contributed by atoms with Gasteiger partial charge >= 0.3 is 0 Å². The monoisotopic (exact) mass is 302 g/mol. The Kier molecular flexibility index (Phi) is 5.41. The lowest BCUT2D eigenvalue weighted by Crippen LogP contribution is -2.22. The summed E-state index contributed by atoms with van der Waals surface area (Å²) in [5.41, 5.74) is 8.85. The molecule has 0 aliphatic heterocycles. The number of anilines is 1. The summed E-state index contributed by atoms with van der Waals surface area (Å²) in [7, 11) is 1.63. The van der Waals surface area contributed by atoms with Crippen LogP contribution in [0.3, 0.4) is 0 Å². The van der Waals surface area contributed by atoms with Crippen LogP contribution in [-0.2, 0) is 6.42 Å². The first-order valence-electron chi connectivity index (χ1n) is 7.23. The van der Waals surface area contributed by atoms with Gasteiger partial charge in [0.05, 0.1) is 12.8 Å². The molecule has 0 aliphatic carbocycles. The molecule has 0 bridgehead atoms. The van der Waals surface area contributed by atoms with Gasteiger partial charge in [0, 0.05) is 23.9 Å². The highest BCUT2D eigenvalue weighted by Crippen LogP contribution is 2.16. The Hall–Kier alpha value is -2.50. The fourth-order valence-corrected chi connectivity index (χ4v) is 2.20. The van der Waals surface area contributed by atoms with Crippen LogP contribution in [0.1, 0.15) is 23.4 Å². The summed E-state index contributed by atoms with van der Waals surface area (Å²) in [4.78, 5) is 4.33. The lowest BCUT2D eigenvalue weighted by atomic mass is 10.1. The summed E-state index contributed by atoms with van der Waals surface area (Å²) in [5, 5.41) is 6.99. The third-order valence-corrected chi connectivity index (χ3v) is 3.39. The van der Waals surface area contributed by atoms with Crippen molar-refractivity contribution in [2.75, 3.05) is 19.0 Å². The number of nitrogens with two attached hydrogens (primary N) is 1. The molecule has 6 heteroatoms. The fraction of sp³-hybridized carbons (Fsp3) is 0.375. The molecule has 0 fully saturated rings. The van der Waals surface area contributed by atoms with Gasteiger partial charge in [-0.3, -0.25) is 4.99 Å². The number of guanidine groups is 1. The molecule has 0 unspecified atom stereocenters. The van der Waals surface area contributed by atoms with E-state index in [0.717, 1.165) is 41.3 Å². The van der Waals surface area contributed by atoms with Crippen molar-refractivity contribution in [3.63, 3.8) is 0 Å². The minimum atomic E-state index is 0.395. The van der Waals surface area contributed by atoms with E-state index in [1.807, 2.05) is 38.1 Å². The van der Waals surface area contributed by atoms with Gasteiger partial charge in [0.1, 0.15) is 11.5 Å². The standard InChI is InChI=1S/C16H22N4O2/c1-11-15(12(2)22-20-11)8-5-9-18-16(17)19-13-6-4-7-14(10-13)21-3/h4,6-7,10H,5,8-9H2,1-3H3,(H3,17,18,19). The van der Waals surface area contributed by atoms with E-state index in [0.29, 0.717) is 12.5 Å². The van der Waals surface area contributed by atoms with E-state index in [1.165, 1.54) is 0 Å². The highest BCUT2D eigenvalue weighted by molar-refractivity contribution is 5.92. The van der Waals surface area contributed by atoms with Crippen molar-refractivity contribution in [2.45, 2.75) is 26.7 Å². The predicted molar refractivity (Wildman–Crippen MR) is 87.4 cm³/mol. The summed E-state index contributed by atoms with van der Waals surface area (Å²) >= 11 is 0.